The van der Waals surface area contributed by atoms with Crippen LogP contribution >= 0.6 is 34.0 Å². The number of hydrogen-bond donors (Lipinski definition) is 1. The van der Waals surface area contributed by atoms with Gasteiger partial charge in [-0.2, -0.15) is 10.2 Å². The van der Waals surface area contributed by atoms with Gasteiger partial charge in [-0.1, -0.05) is 65.1 Å². The number of nitrogens with zero attached hydrogens (tertiary/aromatic N) is 12. The Morgan fingerprint density at radius 2 is 1.38 bits per heavy atom. The Kier molecular flexibility index (Phi) is 8.04. The number of rotatable bonds is 9. The van der Waals surface area contributed by atoms with Crippen LogP contribution in [-0.2, 0) is 0 Å². The number of benzene rings is 3. The van der Waals surface area contributed by atoms with Crippen LogP contribution in [0.3, 0.4) is 0 Å². The molecule has 0 bridgehead atoms. The number of azo groups is 1. The Morgan fingerprint density at radius 1 is 0.750 bits per heavy atom. The average molecular weight is 734 g/mol. The van der Waals surface area contributed by atoms with Gasteiger partial charge in [0.1, 0.15) is 22.3 Å². The van der Waals surface area contributed by atoms with Crippen LogP contribution in [0, 0.1) is 11.3 Å². The number of thiazole rings is 3. The molecule has 0 radical (unpaired) electrons. The highest BCUT2D eigenvalue weighted by Crippen LogP contribution is 2.45. The molecule has 0 spiro atoms. The first-order chi connectivity index (χ1) is 25.6. The van der Waals surface area contributed by atoms with Gasteiger partial charge in [0, 0.05) is 12.7 Å². The monoisotopic (exact) mass is 733 g/mol. The third kappa shape index (κ3) is 5.78. The van der Waals surface area contributed by atoms with Gasteiger partial charge in [0.2, 0.25) is 11.8 Å². The summed E-state index contributed by atoms with van der Waals surface area (Å²) in [6.07, 6.45) is 3.23. The number of nitriles is 1. The van der Waals surface area contributed by atoms with Crippen molar-refractivity contribution in [1.82, 2.24) is 39.7 Å². The van der Waals surface area contributed by atoms with Gasteiger partial charge in [0.15, 0.2) is 27.6 Å². The molecule has 9 rings (SSSR count). The van der Waals surface area contributed by atoms with E-state index in [-0.39, 0.29) is 11.4 Å². The maximum atomic E-state index is 9.96. The lowest BCUT2D eigenvalue weighted by Gasteiger charge is -2.19. The molecule has 9 aromatic rings. The van der Waals surface area contributed by atoms with Crippen molar-refractivity contribution in [2.24, 2.45) is 10.2 Å². The van der Waals surface area contributed by atoms with Gasteiger partial charge in [-0.05, 0) is 55.5 Å². The molecule has 0 saturated carbocycles. The molecule has 0 fully saturated rings. The number of para-hydroxylation sites is 3. The van der Waals surface area contributed by atoms with Crippen LogP contribution in [0.15, 0.2) is 114 Å². The van der Waals surface area contributed by atoms with Crippen molar-refractivity contribution in [1.29, 1.82) is 5.26 Å². The first-order valence-electron chi connectivity index (χ1n) is 16.0. The maximum absolute atomic E-state index is 9.96. The van der Waals surface area contributed by atoms with E-state index in [9.17, 15) is 5.26 Å². The minimum atomic E-state index is 0.125. The second-order valence-electron chi connectivity index (χ2n) is 11.2. The van der Waals surface area contributed by atoms with Crippen molar-refractivity contribution in [3.05, 3.63) is 109 Å². The molecule has 52 heavy (non-hydrogen) atoms. The number of hydrogen-bond acceptors (Lipinski definition) is 15. The largest absolute Gasteiger partial charge is 0.368 e. The van der Waals surface area contributed by atoms with Gasteiger partial charge >= 0.3 is 0 Å². The molecule has 3 aromatic carbocycles. The van der Waals surface area contributed by atoms with Gasteiger partial charge in [-0.3, -0.25) is 0 Å². The Morgan fingerprint density at radius 3 is 1.98 bits per heavy atom. The topological polar surface area (TPSA) is 159 Å². The Labute approximate surface area is 307 Å². The van der Waals surface area contributed by atoms with Crippen LogP contribution in [-0.4, -0.2) is 46.2 Å². The van der Waals surface area contributed by atoms with Crippen LogP contribution in [0.5, 0.6) is 0 Å². The summed E-state index contributed by atoms with van der Waals surface area (Å²) in [4.78, 5) is 31.4. The second kappa shape index (κ2) is 13.3. The SMILES string of the molecule is CCNc1nc(N(c2nc3ccccc3s2)c2nc3ccccc3s2)nc(-c2nc3ccccc3s2)c1N=Nc1nn(-c2ccccn2)cc1C#N. The Bertz CT molecular complexity index is 2640. The van der Waals surface area contributed by atoms with Crippen molar-refractivity contribution in [3.63, 3.8) is 0 Å². The second-order valence-corrected chi connectivity index (χ2v) is 14.2. The average Bonchev–Trinajstić information content (AvgIpc) is 3.99. The standard InChI is InChI=1S/C36H23N13S3/c1-2-38-32-29(45-46-31-21(19-37)20-48(47-31)28-17-9-10-18-39-28)30(33-40-22-11-3-6-14-25(22)50-33)43-34(44-32)49(35-41-23-12-4-7-15-26(23)51-35)36-42-24-13-5-8-16-27(24)52-36/h3-18,20H,2H2,1H3,(H,38,43,44). The molecule has 0 saturated heterocycles. The number of aromatic nitrogens is 8. The van der Waals surface area contributed by atoms with Gasteiger partial charge in [0.25, 0.3) is 0 Å². The molecule has 6 heterocycles. The lowest BCUT2D eigenvalue weighted by molar-refractivity contribution is 0.843. The molecule has 0 aliphatic carbocycles. The highest BCUT2D eigenvalue weighted by Gasteiger charge is 2.28. The van der Waals surface area contributed by atoms with Crippen molar-refractivity contribution in [2.75, 3.05) is 16.8 Å². The van der Waals surface area contributed by atoms with Crippen molar-refractivity contribution >= 4 is 98.2 Å². The van der Waals surface area contributed by atoms with E-state index in [4.69, 9.17) is 24.9 Å². The molecule has 0 aliphatic heterocycles. The molecule has 0 aliphatic rings. The normalized spacial score (nSPS) is 11.5. The summed E-state index contributed by atoms with van der Waals surface area (Å²) in [5.41, 5.74) is 3.56. The molecule has 6 aromatic heterocycles. The van der Waals surface area contributed by atoms with E-state index in [1.54, 1.807) is 18.5 Å². The fraction of sp³-hybridized carbons (Fsp3) is 0.0556. The van der Waals surface area contributed by atoms with Gasteiger partial charge in [-0.25, -0.2) is 34.5 Å². The van der Waals surface area contributed by atoms with Crippen LogP contribution in [0.25, 0.3) is 47.2 Å². The molecule has 0 unspecified atom stereocenters. The minimum absolute atomic E-state index is 0.125. The van der Waals surface area contributed by atoms with E-state index >= 15 is 0 Å². The van der Waals surface area contributed by atoms with E-state index < -0.39 is 0 Å². The zero-order chi connectivity index (χ0) is 35.0. The summed E-state index contributed by atoms with van der Waals surface area (Å²) in [6, 6.07) is 31.5. The predicted molar refractivity (Wildman–Crippen MR) is 206 cm³/mol. The fourth-order valence-corrected chi connectivity index (χ4v) is 8.38. The first-order valence-corrected chi connectivity index (χ1v) is 18.5. The van der Waals surface area contributed by atoms with E-state index in [1.165, 1.54) is 38.7 Å². The molecule has 1 N–H and O–H groups in total. The zero-order valence-corrected chi connectivity index (χ0v) is 29.6. The first kappa shape index (κ1) is 31.4. The van der Waals surface area contributed by atoms with E-state index in [0.29, 0.717) is 50.8 Å². The van der Waals surface area contributed by atoms with Crippen LogP contribution in [0.1, 0.15) is 12.5 Å². The van der Waals surface area contributed by atoms with E-state index in [0.717, 1.165) is 30.6 Å². The number of fused-ring (bicyclic) bond motifs is 3. The van der Waals surface area contributed by atoms with E-state index in [1.807, 2.05) is 96.8 Å². The molecule has 16 heteroatoms. The van der Waals surface area contributed by atoms with Crippen molar-refractivity contribution in [3.8, 4) is 22.6 Å². The van der Waals surface area contributed by atoms with Gasteiger partial charge in [-0.15, -0.1) is 26.7 Å². The summed E-state index contributed by atoms with van der Waals surface area (Å²) in [5, 5.41) is 29.0. The summed E-state index contributed by atoms with van der Waals surface area (Å²) in [6.45, 7) is 2.50. The minimum Gasteiger partial charge on any atom is -0.368 e. The van der Waals surface area contributed by atoms with Crippen LogP contribution < -0.4 is 10.2 Å². The van der Waals surface area contributed by atoms with Gasteiger partial charge in [0.05, 0.1) is 36.8 Å². The smallest absolute Gasteiger partial charge is 0.241 e. The number of anilines is 4. The zero-order valence-electron chi connectivity index (χ0n) is 27.1. The highest BCUT2D eigenvalue weighted by atomic mass is 32.1. The summed E-state index contributed by atoms with van der Waals surface area (Å²) in [7, 11) is 0. The Balaban J connectivity index is 1.26. The lowest BCUT2D eigenvalue weighted by Crippen LogP contribution is -2.15. The molecular formula is C36H23N13S3. The van der Waals surface area contributed by atoms with E-state index in [2.05, 4.69) is 31.7 Å². The highest BCUT2D eigenvalue weighted by molar-refractivity contribution is 7.24. The lowest BCUT2D eigenvalue weighted by atomic mass is 10.3. The van der Waals surface area contributed by atoms with Crippen LogP contribution in [0.2, 0.25) is 0 Å². The number of nitrogens with one attached hydrogen (secondary N) is 1. The number of pyridine rings is 1. The molecule has 0 atom stereocenters. The quantitative estimate of drug-likeness (QED) is 0.142. The Hall–Kier alpha value is -6.54. The fourth-order valence-electron chi connectivity index (χ4n) is 5.44. The summed E-state index contributed by atoms with van der Waals surface area (Å²) in [5.74, 6) is 1.42. The molecular weight excluding hydrogens is 711 g/mol. The van der Waals surface area contributed by atoms with Crippen molar-refractivity contribution in [2.45, 2.75) is 6.92 Å². The summed E-state index contributed by atoms with van der Waals surface area (Å²) < 4.78 is 4.53. The molecule has 0 amide bonds. The third-order valence-electron chi connectivity index (χ3n) is 7.80. The summed E-state index contributed by atoms with van der Waals surface area (Å²) >= 11 is 4.54. The third-order valence-corrected chi connectivity index (χ3v) is 10.9. The molecule has 250 valence electrons. The predicted octanol–water partition coefficient (Wildman–Crippen LogP) is 9.74. The molecule has 13 nitrogen and oxygen atoms in total. The van der Waals surface area contributed by atoms with Gasteiger partial charge < -0.3 is 5.32 Å². The van der Waals surface area contributed by atoms with Crippen molar-refractivity contribution < 1.29 is 0 Å². The van der Waals surface area contributed by atoms with Crippen LogP contribution in [0.4, 0.5) is 33.5 Å². The maximum Gasteiger partial charge on any atom is 0.241 e.